The van der Waals surface area contributed by atoms with Crippen molar-refractivity contribution in [2.45, 2.75) is 19.3 Å². The van der Waals surface area contributed by atoms with E-state index in [1.54, 1.807) is 0 Å². The second kappa shape index (κ2) is 15.4. The van der Waals surface area contributed by atoms with Crippen molar-refractivity contribution in [3.05, 3.63) is 247 Å². The highest BCUT2D eigenvalue weighted by molar-refractivity contribution is 6.11. The predicted octanol–water partition coefficient (Wildman–Crippen LogP) is 16.9. The molecule has 0 saturated heterocycles. The molecule has 10 aromatic carbocycles. The molecule has 1 nitrogen and oxygen atoms in total. The van der Waals surface area contributed by atoms with Crippen LogP contribution in [0.15, 0.2) is 224 Å². The Balaban J connectivity index is 0.914. The number of hydrogen-bond acceptors (Lipinski definition) is 1. The van der Waals surface area contributed by atoms with E-state index in [0.717, 1.165) is 17.1 Å². The fourth-order valence-corrected chi connectivity index (χ4v) is 9.69. The molecule has 0 heterocycles. The Morgan fingerprint density at radius 1 is 0.339 bits per heavy atom. The van der Waals surface area contributed by atoms with Gasteiger partial charge in [0.2, 0.25) is 0 Å². The van der Waals surface area contributed by atoms with Gasteiger partial charge >= 0.3 is 0 Å². The van der Waals surface area contributed by atoms with Gasteiger partial charge < -0.3 is 4.90 Å². The van der Waals surface area contributed by atoms with Crippen molar-refractivity contribution in [1.29, 1.82) is 0 Å². The minimum absolute atomic E-state index is 0.155. The smallest absolute Gasteiger partial charge is 0.0465 e. The van der Waals surface area contributed by atoms with E-state index in [0.29, 0.717) is 0 Å². The minimum Gasteiger partial charge on any atom is -0.310 e. The Morgan fingerprint density at radius 3 is 1.53 bits per heavy atom. The van der Waals surface area contributed by atoms with Crippen molar-refractivity contribution in [2.75, 3.05) is 4.90 Å². The van der Waals surface area contributed by atoms with Crippen LogP contribution in [0.1, 0.15) is 36.1 Å². The summed E-state index contributed by atoms with van der Waals surface area (Å²) in [5.74, 6) is 0. The molecule has 0 aliphatic heterocycles. The van der Waals surface area contributed by atoms with Gasteiger partial charge in [-0.3, -0.25) is 0 Å². The molecule has 0 spiro atoms. The van der Waals surface area contributed by atoms with Crippen molar-refractivity contribution < 1.29 is 0 Å². The predicted molar refractivity (Wildman–Crippen MR) is 265 cm³/mol. The molecule has 62 heavy (non-hydrogen) atoms. The zero-order valence-corrected chi connectivity index (χ0v) is 35.0. The minimum atomic E-state index is -0.155. The third kappa shape index (κ3) is 6.60. The van der Waals surface area contributed by atoms with Gasteiger partial charge in [0.05, 0.1) is 0 Å². The van der Waals surface area contributed by atoms with Crippen LogP contribution < -0.4 is 4.90 Å². The van der Waals surface area contributed by atoms with Crippen molar-refractivity contribution in [2.24, 2.45) is 0 Å². The SMILES string of the molecule is CC1(C)c2cc(/C=C/c3ccc4cc(-c5cc(-c6ccccc6)c6ccccc6c5-c5ccccc5)ccc4c3)ccc2-c2ccc(N(c3ccccc3)c3ccccc3)cc21. The number of fused-ring (bicyclic) bond motifs is 5. The van der Waals surface area contributed by atoms with E-state index in [1.165, 1.54) is 88.3 Å². The Hall–Kier alpha value is -7.74. The van der Waals surface area contributed by atoms with Crippen LogP contribution >= 0.6 is 0 Å². The number of benzene rings is 10. The summed E-state index contributed by atoms with van der Waals surface area (Å²) in [7, 11) is 0. The first-order valence-electron chi connectivity index (χ1n) is 21.6. The van der Waals surface area contributed by atoms with Gasteiger partial charge in [0.15, 0.2) is 0 Å². The van der Waals surface area contributed by atoms with Crippen molar-refractivity contribution in [3.8, 4) is 44.5 Å². The highest BCUT2D eigenvalue weighted by Gasteiger charge is 2.36. The van der Waals surface area contributed by atoms with E-state index in [1.807, 2.05) is 0 Å². The van der Waals surface area contributed by atoms with Gasteiger partial charge in [-0.25, -0.2) is 0 Å². The Labute approximate surface area is 364 Å². The van der Waals surface area contributed by atoms with E-state index in [4.69, 9.17) is 0 Å². The van der Waals surface area contributed by atoms with Crippen molar-refractivity contribution in [3.63, 3.8) is 0 Å². The third-order valence-corrected chi connectivity index (χ3v) is 12.8. The lowest BCUT2D eigenvalue weighted by molar-refractivity contribution is 0.660. The highest BCUT2D eigenvalue weighted by atomic mass is 15.1. The molecule has 1 aliphatic carbocycles. The number of anilines is 3. The average molecular weight is 792 g/mol. The van der Waals surface area contributed by atoms with Crippen LogP contribution in [0.5, 0.6) is 0 Å². The molecule has 0 N–H and O–H groups in total. The zero-order chi connectivity index (χ0) is 41.6. The van der Waals surface area contributed by atoms with Crippen LogP contribution in [0, 0.1) is 0 Å². The summed E-state index contributed by atoms with van der Waals surface area (Å²) >= 11 is 0. The maximum absolute atomic E-state index is 2.40. The quantitative estimate of drug-likeness (QED) is 0.139. The van der Waals surface area contributed by atoms with Gasteiger partial charge in [-0.2, -0.15) is 0 Å². The molecule has 10 aromatic rings. The molecule has 0 radical (unpaired) electrons. The summed E-state index contributed by atoms with van der Waals surface area (Å²) in [4.78, 5) is 2.35. The summed E-state index contributed by atoms with van der Waals surface area (Å²) < 4.78 is 0. The number of nitrogens with zero attached hydrogens (tertiary/aromatic N) is 1. The molecule has 0 aromatic heterocycles. The summed E-state index contributed by atoms with van der Waals surface area (Å²) in [5, 5.41) is 4.97. The Morgan fingerprint density at radius 2 is 0.855 bits per heavy atom. The summed E-state index contributed by atoms with van der Waals surface area (Å²) in [6.45, 7) is 4.73. The number of hydrogen-bond donors (Lipinski definition) is 0. The normalized spacial score (nSPS) is 12.7. The molecular formula is C61H45N. The van der Waals surface area contributed by atoms with Crippen LogP contribution in [-0.2, 0) is 5.41 Å². The maximum atomic E-state index is 2.40. The highest BCUT2D eigenvalue weighted by Crippen LogP contribution is 2.51. The first kappa shape index (κ1) is 37.3. The van der Waals surface area contributed by atoms with Crippen molar-refractivity contribution in [1.82, 2.24) is 0 Å². The lowest BCUT2D eigenvalue weighted by atomic mass is 9.81. The molecular weight excluding hydrogens is 747 g/mol. The fraction of sp³-hybridized carbons (Fsp3) is 0.0492. The van der Waals surface area contributed by atoms with Crippen LogP contribution in [0.25, 0.3) is 78.2 Å². The molecule has 0 bridgehead atoms. The summed E-state index contributed by atoms with van der Waals surface area (Å²) in [5.41, 5.74) is 18.4. The Bertz CT molecular complexity index is 3250. The molecule has 1 aliphatic rings. The lowest BCUT2D eigenvalue weighted by Gasteiger charge is -2.28. The fourth-order valence-electron chi connectivity index (χ4n) is 9.69. The zero-order valence-electron chi connectivity index (χ0n) is 35.0. The largest absolute Gasteiger partial charge is 0.310 e. The third-order valence-electron chi connectivity index (χ3n) is 12.8. The standard InChI is InChI=1S/C61H45N/c1-61(2)58-38-43(30-35-53(58)54-36-34-51(40-59(54)61)62(49-21-11-5-12-22-49)50-23-13-6-14-24-50)28-27-42-29-31-47-39-48(33-32-46(47)37-42)57-41-56(44-17-7-3-8-18-44)52-25-15-16-26-55(52)60(57)45-19-9-4-10-20-45/h3-41H,1-2H3/b28-27+. The van der Waals surface area contributed by atoms with Gasteiger partial charge in [0, 0.05) is 22.5 Å². The lowest BCUT2D eigenvalue weighted by Crippen LogP contribution is -2.16. The molecule has 0 amide bonds. The van der Waals surface area contributed by atoms with E-state index in [9.17, 15) is 0 Å². The molecule has 11 rings (SSSR count). The molecule has 0 fully saturated rings. The van der Waals surface area contributed by atoms with E-state index < -0.39 is 0 Å². The first-order chi connectivity index (χ1) is 30.5. The van der Waals surface area contributed by atoms with Gasteiger partial charge in [0.25, 0.3) is 0 Å². The van der Waals surface area contributed by atoms with Gasteiger partial charge in [-0.05, 0) is 143 Å². The average Bonchev–Trinajstić information content (AvgIpc) is 3.55. The molecule has 294 valence electrons. The van der Waals surface area contributed by atoms with Crippen LogP contribution in [-0.4, -0.2) is 0 Å². The van der Waals surface area contributed by atoms with Crippen molar-refractivity contribution >= 4 is 50.8 Å². The van der Waals surface area contributed by atoms with Gasteiger partial charge in [-0.15, -0.1) is 0 Å². The molecule has 0 unspecified atom stereocenters. The maximum Gasteiger partial charge on any atom is 0.0465 e. The van der Waals surface area contributed by atoms with Crippen LogP contribution in [0.2, 0.25) is 0 Å². The van der Waals surface area contributed by atoms with Crippen LogP contribution in [0.4, 0.5) is 17.1 Å². The summed E-state index contributed by atoms with van der Waals surface area (Å²) in [6, 6.07) is 81.9. The van der Waals surface area contributed by atoms with Gasteiger partial charge in [-0.1, -0.05) is 196 Å². The molecule has 0 atom stereocenters. The topological polar surface area (TPSA) is 3.24 Å². The number of para-hydroxylation sites is 2. The molecule has 0 saturated carbocycles. The molecule has 1 heteroatoms. The summed E-state index contributed by atoms with van der Waals surface area (Å²) in [6.07, 6.45) is 4.52. The van der Waals surface area contributed by atoms with E-state index >= 15 is 0 Å². The second-order valence-electron chi connectivity index (χ2n) is 16.9. The number of rotatable bonds is 8. The van der Waals surface area contributed by atoms with Crippen LogP contribution in [0.3, 0.4) is 0 Å². The van der Waals surface area contributed by atoms with E-state index in [-0.39, 0.29) is 5.41 Å². The van der Waals surface area contributed by atoms with E-state index in [2.05, 4.69) is 255 Å². The monoisotopic (exact) mass is 791 g/mol. The second-order valence-corrected chi connectivity index (χ2v) is 16.9. The van der Waals surface area contributed by atoms with Gasteiger partial charge in [0.1, 0.15) is 0 Å². The Kier molecular flexibility index (Phi) is 9.24. The first-order valence-corrected chi connectivity index (χ1v) is 21.6.